The van der Waals surface area contributed by atoms with Crippen molar-refractivity contribution in [1.82, 2.24) is 4.98 Å². The summed E-state index contributed by atoms with van der Waals surface area (Å²) in [4.78, 5) is 4.05. The first kappa shape index (κ1) is 11.5. The summed E-state index contributed by atoms with van der Waals surface area (Å²) >= 11 is 0. The monoisotopic (exact) mass is 232 g/mol. The molecule has 0 saturated carbocycles. The third-order valence-electron chi connectivity index (χ3n) is 2.40. The van der Waals surface area contributed by atoms with Gasteiger partial charge in [0.1, 0.15) is 0 Å². The van der Waals surface area contributed by atoms with Gasteiger partial charge in [0.15, 0.2) is 11.6 Å². The molecule has 2 rings (SSSR count). The molecule has 2 N–H and O–H groups in total. The molecule has 17 heavy (non-hydrogen) atoms. The van der Waals surface area contributed by atoms with Gasteiger partial charge in [-0.15, -0.1) is 0 Å². The van der Waals surface area contributed by atoms with Crippen molar-refractivity contribution >= 4 is 0 Å². The summed E-state index contributed by atoms with van der Waals surface area (Å²) in [5, 5.41) is 0. The maximum absolute atomic E-state index is 13.7. The first-order valence-corrected chi connectivity index (χ1v) is 5.28. The maximum atomic E-state index is 13.7. The normalized spacial score (nSPS) is 10.3. The number of nitrogens with zero attached hydrogens (tertiary/aromatic N) is 1. The highest BCUT2D eigenvalue weighted by Crippen LogP contribution is 2.24. The minimum absolute atomic E-state index is 0.179. The number of halogens is 1. The molecule has 0 aliphatic carbocycles. The Hall–Kier alpha value is -1.94. The van der Waals surface area contributed by atoms with E-state index in [0.717, 1.165) is 5.56 Å². The largest absolute Gasteiger partial charge is 0.436 e. The summed E-state index contributed by atoms with van der Waals surface area (Å²) in [5.74, 6) is 0.168. The van der Waals surface area contributed by atoms with Gasteiger partial charge in [0, 0.05) is 18.8 Å². The van der Waals surface area contributed by atoms with Crippen molar-refractivity contribution in [1.29, 1.82) is 0 Å². The summed E-state index contributed by atoms with van der Waals surface area (Å²) in [5.41, 5.74) is 6.90. The Labute approximate surface area is 99.1 Å². The standard InChI is InChI=1S/C13H13FN2O/c1-9-3-2-4-11(13(9)14)17-12-6-5-10(7-15)8-16-12/h2-6,8H,7,15H2,1H3. The van der Waals surface area contributed by atoms with Gasteiger partial charge < -0.3 is 10.5 Å². The van der Waals surface area contributed by atoms with Crippen LogP contribution in [-0.4, -0.2) is 4.98 Å². The fourth-order valence-corrected chi connectivity index (χ4v) is 1.40. The van der Waals surface area contributed by atoms with Crippen LogP contribution >= 0.6 is 0 Å². The lowest BCUT2D eigenvalue weighted by Crippen LogP contribution is -1.98. The highest BCUT2D eigenvalue weighted by atomic mass is 19.1. The second-order valence-corrected chi connectivity index (χ2v) is 3.70. The molecular formula is C13H13FN2O. The predicted octanol–water partition coefficient (Wildman–Crippen LogP) is 2.78. The molecule has 0 radical (unpaired) electrons. The first-order valence-electron chi connectivity index (χ1n) is 5.28. The predicted molar refractivity (Wildman–Crippen MR) is 63.3 cm³/mol. The number of nitrogens with two attached hydrogens (primary N) is 1. The second kappa shape index (κ2) is 4.93. The SMILES string of the molecule is Cc1cccc(Oc2ccc(CN)cn2)c1F. The fourth-order valence-electron chi connectivity index (χ4n) is 1.40. The topological polar surface area (TPSA) is 48.1 Å². The van der Waals surface area contributed by atoms with Crippen LogP contribution in [0.5, 0.6) is 11.6 Å². The van der Waals surface area contributed by atoms with E-state index in [1.54, 1.807) is 43.5 Å². The van der Waals surface area contributed by atoms with Gasteiger partial charge in [0.2, 0.25) is 5.88 Å². The van der Waals surface area contributed by atoms with Crippen LogP contribution in [0.25, 0.3) is 0 Å². The van der Waals surface area contributed by atoms with E-state index >= 15 is 0 Å². The summed E-state index contributed by atoms with van der Waals surface area (Å²) in [7, 11) is 0. The van der Waals surface area contributed by atoms with Crippen molar-refractivity contribution < 1.29 is 9.13 Å². The Morgan fingerprint density at radius 2 is 2.12 bits per heavy atom. The van der Waals surface area contributed by atoms with Crippen LogP contribution in [0, 0.1) is 12.7 Å². The number of rotatable bonds is 3. The zero-order chi connectivity index (χ0) is 12.3. The van der Waals surface area contributed by atoms with Gasteiger partial charge in [-0.05, 0) is 24.1 Å². The lowest BCUT2D eigenvalue weighted by atomic mass is 10.2. The van der Waals surface area contributed by atoms with Crippen molar-refractivity contribution in [3.63, 3.8) is 0 Å². The van der Waals surface area contributed by atoms with E-state index in [9.17, 15) is 4.39 Å². The first-order chi connectivity index (χ1) is 8.20. The summed E-state index contributed by atoms with van der Waals surface area (Å²) < 4.78 is 19.0. The number of hydrogen-bond acceptors (Lipinski definition) is 3. The molecule has 1 aromatic carbocycles. The Balaban J connectivity index is 2.22. The molecule has 0 aliphatic rings. The molecule has 4 heteroatoms. The molecule has 1 aromatic heterocycles. The van der Waals surface area contributed by atoms with Gasteiger partial charge in [0.05, 0.1) is 0 Å². The van der Waals surface area contributed by atoms with Gasteiger partial charge in [0.25, 0.3) is 0 Å². The number of hydrogen-bond donors (Lipinski definition) is 1. The highest BCUT2D eigenvalue weighted by Gasteiger charge is 2.07. The van der Waals surface area contributed by atoms with Gasteiger partial charge >= 0.3 is 0 Å². The number of benzene rings is 1. The molecule has 2 aromatic rings. The Morgan fingerprint density at radius 3 is 2.76 bits per heavy atom. The van der Waals surface area contributed by atoms with Gasteiger partial charge in [-0.25, -0.2) is 9.37 Å². The van der Waals surface area contributed by atoms with E-state index in [4.69, 9.17) is 10.5 Å². The quantitative estimate of drug-likeness (QED) is 0.885. The molecule has 88 valence electrons. The summed E-state index contributed by atoms with van der Waals surface area (Å²) in [6.45, 7) is 2.11. The average Bonchev–Trinajstić information content (AvgIpc) is 2.36. The molecule has 0 amide bonds. The van der Waals surface area contributed by atoms with Crippen LogP contribution in [0.1, 0.15) is 11.1 Å². The smallest absolute Gasteiger partial charge is 0.219 e. The zero-order valence-electron chi connectivity index (χ0n) is 9.48. The Morgan fingerprint density at radius 1 is 1.29 bits per heavy atom. The van der Waals surface area contributed by atoms with E-state index in [-0.39, 0.29) is 11.6 Å². The molecule has 0 fully saturated rings. The van der Waals surface area contributed by atoms with Crippen molar-refractivity contribution in [3.05, 3.63) is 53.5 Å². The average molecular weight is 232 g/mol. The number of ether oxygens (including phenoxy) is 1. The van der Waals surface area contributed by atoms with E-state index < -0.39 is 0 Å². The number of aromatic nitrogens is 1. The third kappa shape index (κ3) is 2.60. The van der Waals surface area contributed by atoms with Crippen LogP contribution < -0.4 is 10.5 Å². The molecule has 0 spiro atoms. The van der Waals surface area contributed by atoms with Gasteiger partial charge in [-0.1, -0.05) is 18.2 Å². The third-order valence-corrected chi connectivity index (χ3v) is 2.40. The molecule has 0 saturated heterocycles. The second-order valence-electron chi connectivity index (χ2n) is 3.70. The molecule has 3 nitrogen and oxygen atoms in total. The molecular weight excluding hydrogens is 219 g/mol. The van der Waals surface area contributed by atoms with Crippen LogP contribution in [0.15, 0.2) is 36.5 Å². The maximum Gasteiger partial charge on any atom is 0.219 e. The molecule has 0 aliphatic heterocycles. The minimum Gasteiger partial charge on any atom is -0.436 e. The van der Waals surface area contributed by atoms with E-state index in [2.05, 4.69) is 4.98 Å². The van der Waals surface area contributed by atoms with Crippen molar-refractivity contribution in [3.8, 4) is 11.6 Å². The van der Waals surface area contributed by atoms with E-state index in [1.807, 2.05) is 0 Å². The van der Waals surface area contributed by atoms with Crippen molar-refractivity contribution in [2.75, 3.05) is 0 Å². The van der Waals surface area contributed by atoms with Crippen molar-refractivity contribution in [2.24, 2.45) is 5.73 Å². The molecule has 0 atom stereocenters. The number of aryl methyl sites for hydroxylation is 1. The summed E-state index contributed by atoms with van der Waals surface area (Å²) in [6.07, 6.45) is 1.61. The van der Waals surface area contributed by atoms with Crippen LogP contribution in [-0.2, 0) is 6.54 Å². The van der Waals surface area contributed by atoms with Crippen LogP contribution in [0.4, 0.5) is 4.39 Å². The summed E-state index contributed by atoms with van der Waals surface area (Å²) in [6, 6.07) is 8.47. The van der Waals surface area contributed by atoms with E-state index in [1.165, 1.54) is 0 Å². The zero-order valence-corrected chi connectivity index (χ0v) is 9.48. The molecule has 1 heterocycles. The van der Waals surface area contributed by atoms with Crippen LogP contribution in [0.3, 0.4) is 0 Å². The Kier molecular flexibility index (Phi) is 3.35. The van der Waals surface area contributed by atoms with Gasteiger partial charge in [-0.3, -0.25) is 0 Å². The minimum atomic E-state index is -0.364. The van der Waals surface area contributed by atoms with E-state index in [0.29, 0.717) is 18.0 Å². The van der Waals surface area contributed by atoms with Gasteiger partial charge in [-0.2, -0.15) is 0 Å². The molecule has 0 unspecified atom stereocenters. The van der Waals surface area contributed by atoms with Crippen molar-refractivity contribution in [2.45, 2.75) is 13.5 Å². The fraction of sp³-hybridized carbons (Fsp3) is 0.154. The highest BCUT2D eigenvalue weighted by molar-refractivity contribution is 5.33. The lowest BCUT2D eigenvalue weighted by Gasteiger charge is -2.07. The van der Waals surface area contributed by atoms with Crippen LogP contribution in [0.2, 0.25) is 0 Å². The lowest BCUT2D eigenvalue weighted by molar-refractivity contribution is 0.425. The Bertz CT molecular complexity index is 511. The number of pyridine rings is 1. The molecule has 0 bridgehead atoms.